The minimum atomic E-state index is -0.768. The van der Waals surface area contributed by atoms with E-state index in [0.717, 1.165) is 96.3 Å². The van der Waals surface area contributed by atoms with Gasteiger partial charge in [-0.05, 0) is 64.2 Å². The zero-order chi connectivity index (χ0) is 54.3. The Hall–Kier alpha value is -2.89. The van der Waals surface area contributed by atoms with E-state index < -0.39 is 6.10 Å². The van der Waals surface area contributed by atoms with Crippen molar-refractivity contribution in [1.29, 1.82) is 0 Å². The van der Waals surface area contributed by atoms with Gasteiger partial charge in [0.05, 0.1) is 0 Å². The third kappa shape index (κ3) is 61.8. The molecule has 0 spiro atoms. The lowest BCUT2D eigenvalue weighted by Crippen LogP contribution is -2.30. The molecule has 0 aromatic carbocycles. The van der Waals surface area contributed by atoms with E-state index in [0.29, 0.717) is 19.3 Å². The predicted octanol–water partition coefficient (Wildman–Crippen LogP) is 22.3. The Morgan fingerprint density at radius 2 is 0.520 bits per heavy atom. The molecule has 0 aliphatic carbocycles. The van der Waals surface area contributed by atoms with Gasteiger partial charge < -0.3 is 14.2 Å². The standard InChI is InChI=1S/C69H124O6/c1-4-7-10-13-15-17-19-21-23-25-27-29-31-32-33-34-35-36-38-39-41-43-45-47-49-51-53-56-59-62-68(71)74-65-66(64-73-67(70)61-58-55-12-9-6-3)75-69(72)63-60-57-54-52-50-48-46-44-42-40-37-30-28-26-24-22-20-18-16-14-11-8-5-2/h7,10,15,17,21,23,27,29,32-33,66H,4-6,8-9,11-14,16,18-20,22,24-26,28,30-31,34-65H2,1-3H3/b10-7-,17-15-,23-21-,29-27-,33-32-. The van der Waals surface area contributed by atoms with Crippen LogP contribution in [0, 0.1) is 0 Å². The monoisotopic (exact) mass is 1050 g/mol. The van der Waals surface area contributed by atoms with Crippen LogP contribution in [0.5, 0.6) is 0 Å². The van der Waals surface area contributed by atoms with Crippen molar-refractivity contribution >= 4 is 17.9 Å². The Labute approximate surface area is 466 Å². The van der Waals surface area contributed by atoms with Gasteiger partial charge in [0.1, 0.15) is 13.2 Å². The molecule has 0 radical (unpaired) electrons. The van der Waals surface area contributed by atoms with E-state index in [4.69, 9.17) is 14.2 Å². The fourth-order valence-corrected chi connectivity index (χ4v) is 9.65. The second-order valence-electron chi connectivity index (χ2n) is 22.0. The molecule has 436 valence electrons. The number of hydrogen-bond donors (Lipinski definition) is 0. The summed E-state index contributed by atoms with van der Waals surface area (Å²) >= 11 is 0. The van der Waals surface area contributed by atoms with Crippen molar-refractivity contribution in [3.8, 4) is 0 Å². The molecule has 1 atom stereocenters. The molecular formula is C69H124O6. The maximum absolute atomic E-state index is 12.8. The Kier molecular flexibility index (Phi) is 61.2. The summed E-state index contributed by atoms with van der Waals surface area (Å²) in [6.45, 7) is 6.49. The van der Waals surface area contributed by atoms with Gasteiger partial charge in [-0.25, -0.2) is 0 Å². The molecule has 0 bridgehead atoms. The van der Waals surface area contributed by atoms with Crippen molar-refractivity contribution < 1.29 is 28.6 Å². The first-order valence-electron chi connectivity index (χ1n) is 32.8. The molecule has 0 saturated heterocycles. The minimum absolute atomic E-state index is 0.0706. The summed E-state index contributed by atoms with van der Waals surface area (Å²) in [5, 5.41) is 0. The highest BCUT2D eigenvalue weighted by Gasteiger charge is 2.19. The van der Waals surface area contributed by atoms with Crippen LogP contribution in [0.25, 0.3) is 0 Å². The summed E-state index contributed by atoms with van der Waals surface area (Å²) in [4.78, 5) is 37.9. The van der Waals surface area contributed by atoms with Crippen LogP contribution in [0.1, 0.15) is 342 Å². The minimum Gasteiger partial charge on any atom is -0.462 e. The van der Waals surface area contributed by atoms with Crippen molar-refractivity contribution in [3.05, 3.63) is 60.8 Å². The number of hydrogen-bond acceptors (Lipinski definition) is 6. The summed E-state index contributed by atoms with van der Waals surface area (Å²) < 4.78 is 16.8. The third-order valence-electron chi connectivity index (χ3n) is 14.5. The zero-order valence-corrected chi connectivity index (χ0v) is 50.1. The van der Waals surface area contributed by atoms with Crippen LogP contribution in [0.4, 0.5) is 0 Å². The fourth-order valence-electron chi connectivity index (χ4n) is 9.65. The van der Waals surface area contributed by atoms with Crippen LogP contribution in [0.3, 0.4) is 0 Å². The van der Waals surface area contributed by atoms with E-state index in [2.05, 4.69) is 81.5 Å². The molecule has 0 saturated carbocycles. The van der Waals surface area contributed by atoms with E-state index >= 15 is 0 Å². The number of carbonyl (C=O) groups excluding carboxylic acids is 3. The highest BCUT2D eigenvalue weighted by atomic mass is 16.6. The van der Waals surface area contributed by atoms with E-state index in [-0.39, 0.29) is 31.1 Å². The second-order valence-corrected chi connectivity index (χ2v) is 22.0. The first-order valence-corrected chi connectivity index (χ1v) is 32.8. The lowest BCUT2D eigenvalue weighted by Gasteiger charge is -2.18. The fraction of sp³-hybridized carbons (Fsp3) is 0.812. The normalized spacial score (nSPS) is 12.4. The Morgan fingerprint density at radius 3 is 0.813 bits per heavy atom. The molecule has 0 fully saturated rings. The van der Waals surface area contributed by atoms with Crippen molar-refractivity contribution in [2.45, 2.75) is 348 Å². The summed E-state index contributed by atoms with van der Waals surface area (Å²) in [6.07, 6.45) is 81.5. The molecular weight excluding hydrogens is 925 g/mol. The Balaban J connectivity index is 3.98. The first kappa shape index (κ1) is 72.1. The number of ether oxygens (including phenoxy) is 3. The largest absolute Gasteiger partial charge is 0.462 e. The molecule has 0 aromatic rings. The summed E-state index contributed by atoms with van der Waals surface area (Å²) in [5.74, 6) is -0.866. The average molecular weight is 1050 g/mol. The molecule has 6 heteroatoms. The van der Waals surface area contributed by atoms with Gasteiger partial charge in [0.2, 0.25) is 0 Å². The van der Waals surface area contributed by atoms with Crippen molar-refractivity contribution in [2.75, 3.05) is 13.2 Å². The maximum atomic E-state index is 12.8. The van der Waals surface area contributed by atoms with Gasteiger partial charge in [-0.1, -0.05) is 319 Å². The molecule has 0 aliphatic rings. The van der Waals surface area contributed by atoms with Gasteiger partial charge in [0.25, 0.3) is 0 Å². The smallest absolute Gasteiger partial charge is 0.306 e. The summed E-state index contributed by atoms with van der Waals surface area (Å²) in [5.41, 5.74) is 0. The van der Waals surface area contributed by atoms with Crippen molar-refractivity contribution in [2.24, 2.45) is 0 Å². The Bertz CT molecular complexity index is 1340. The van der Waals surface area contributed by atoms with Gasteiger partial charge >= 0.3 is 17.9 Å². The summed E-state index contributed by atoms with van der Waals surface area (Å²) in [7, 11) is 0. The number of unbranched alkanes of at least 4 members (excludes halogenated alkanes) is 39. The van der Waals surface area contributed by atoms with Gasteiger partial charge in [0.15, 0.2) is 6.10 Å². The molecule has 6 nitrogen and oxygen atoms in total. The topological polar surface area (TPSA) is 78.9 Å². The van der Waals surface area contributed by atoms with Crippen LogP contribution in [0.2, 0.25) is 0 Å². The highest BCUT2D eigenvalue weighted by Crippen LogP contribution is 2.18. The number of allylic oxidation sites excluding steroid dienone is 10. The molecule has 1 unspecified atom stereocenters. The SMILES string of the molecule is CC/C=C\C/C=C\C/C=C\C/C=C\C/C=C\CCCCCCCCCCCCCCCC(=O)OCC(COC(=O)CCCCCCC)OC(=O)CCCCCCCCCCCCCCCCCCCCCCCCC. The van der Waals surface area contributed by atoms with Crippen LogP contribution < -0.4 is 0 Å². The van der Waals surface area contributed by atoms with Crippen molar-refractivity contribution in [1.82, 2.24) is 0 Å². The molecule has 0 heterocycles. The molecule has 0 aromatic heterocycles. The first-order chi connectivity index (χ1) is 37.0. The van der Waals surface area contributed by atoms with Gasteiger partial charge in [-0.15, -0.1) is 0 Å². The highest BCUT2D eigenvalue weighted by molar-refractivity contribution is 5.71. The molecule has 0 N–H and O–H groups in total. The summed E-state index contributed by atoms with van der Waals surface area (Å²) in [6, 6.07) is 0. The molecule has 75 heavy (non-hydrogen) atoms. The quantitative estimate of drug-likeness (QED) is 0.0261. The number of carbonyl (C=O) groups is 3. The second kappa shape index (κ2) is 63.6. The van der Waals surface area contributed by atoms with E-state index in [9.17, 15) is 14.4 Å². The zero-order valence-electron chi connectivity index (χ0n) is 50.1. The lowest BCUT2D eigenvalue weighted by molar-refractivity contribution is -0.167. The van der Waals surface area contributed by atoms with E-state index in [1.165, 1.54) is 205 Å². The molecule has 0 amide bonds. The maximum Gasteiger partial charge on any atom is 0.306 e. The van der Waals surface area contributed by atoms with Crippen LogP contribution in [-0.2, 0) is 28.6 Å². The molecule has 0 aliphatic heterocycles. The van der Waals surface area contributed by atoms with Gasteiger partial charge in [-0.2, -0.15) is 0 Å². The number of rotatable bonds is 60. The lowest BCUT2D eigenvalue weighted by atomic mass is 10.0. The van der Waals surface area contributed by atoms with E-state index in [1.807, 2.05) is 0 Å². The molecule has 0 rings (SSSR count). The van der Waals surface area contributed by atoms with Crippen LogP contribution in [0.15, 0.2) is 60.8 Å². The predicted molar refractivity (Wildman–Crippen MR) is 325 cm³/mol. The van der Waals surface area contributed by atoms with Crippen LogP contribution in [-0.4, -0.2) is 37.2 Å². The van der Waals surface area contributed by atoms with E-state index in [1.54, 1.807) is 0 Å². The third-order valence-corrected chi connectivity index (χ3v) is 14.5. The average Bonchev–Trinajstić information content (AvgIpc) is 3.41. The van der Waals surface area contributed by atoms with Crippen molar-refractivity contribution in [3.63, 3.8) is 0 Å². The number of esters is 3. The van der Waals surface area contributed by atoms with Crippen LogP contribution >= 0.6 is 0 Å². The van der Waals surface area contributed by atoms with Gasteiger partial charge in [-0.3, -0.25) is 14.4 Å². The van der Waals surface area contributed by atoms with Gasteiger partial charge in [0, 0.05) is 19.3 Å². The Morgan fingerprint density at radius 1 is 0.280 bits per heavy atom.